The molecule has 1 heterocycles. The third kappa shape index (κ3) is 3.97. The van der Waals surface area contributed by atoms with Crippen molar-refractivity contribution in [3.8, 4) is 0 Å². The number of alkyl halides is 5. The first kappa shape index (κ1) is 22.7. The highest BCUT2D eigenvalue weighted by Crippen LogP contribution is 2.47. The van der Waals surface area contributed by atoms with Crippen LogP contribution in [0.2, 0.25) is 0 Å². The van der Waals surface area contributed by atoms with Gasteiger partial charge in [-0.2, -0.15) is 22.0 Å². The average Bonchev–Trinajstić information content (AvgIpc) is 2.89. The van der Waals surface area contributed by atoms with Gasteiger partial charge in [-0.15, -0.1) is 12.4 Å². The largest absolute Gasteiger partial charge is 0.461 e. The molecule has 0 radical (unpaired) electrons. The molecule has 0 fully saturated rings. The lowest BCUT2D eigenvalue weighted by atomic mass is 10.0. The van der Waals surface area contributed by atoms with Gasteiger partial charge in [0.15, 0.2) is 5.76 Å². The van der Waals surface area contributed by atoms with Gasteiger partial charge in [0.25, 0.3) is 0 Å². The molecule has 2 aromatic rings. The topological polar surface area (TPSA) is 36.6 Å². The van der Waals surface area contributed by atoms with E-state index in [1.807, 2.05) is 18.7 Å². The number of aliphatic hydroxyl groups is 1. The molecular formula is C17H21ClF5NO2. The Balaban J connectivity index is 0.00000338. The molecule has 0 saturated carbocycles. The second kappa shape index (κ2) is 8.10. The SMILES string of the molecule is CCN(CC)CC(O)c1cccc2c(C)c(C(F)(F)C(F)(F)F)oc12.Cl. The standard InChI is InChI=1S/C17H20F5NO2.ClH/c1-4-23(5-2)9-13(24)12-8-6-7-11-10(3)15(25-14(11)12)16(18,19)17(20,21)22;/h6-8,13,24H,4-5,9H2,1-3H3;1H. The molecule has 1 N–H and O–H groups in total. The predicted molar refractivity (Wildman–Crippen MR) is 90.9 cm³/mol. The molecule has 0 saturated heterocycles. The normalized spacial score (nSPS) is 13.9. The fourth-order valence-corrected chi connectivity index (χ4v) is 2.78. The number of halogens is 6. The van der Waals surface area contributed by atoms with Crippen molar-refractivity contribution in [2.24, 2.45) is 0 Å². The van der Waals surface area contributed by atoms with Crippen molar-refractivity contribution in [2.45, 2.75) is 39.0 Å². The lowest BCUT2D eigenvalue weighted by Gasteiger charge is -2.22. The zero-order valence-electron chi connectivity index (χ0n) is 14.5. The zero-order valence-corrected chi connectivity index (χ0v) is 15.3. The van der Waals surface area contributed by atoms with Gasteiger partial charge in [-0.1, -0.05) is 32.0 Å². The van der Waals surface area contributed by atoms with Crippen LogP contribution in [0, 0.1) is 6.92 Å². The number of aliphatic hydroxyl groups excluding tert-OH is 1. The van der Waals surface area contributed by atoms with Crippen molar-refractivity contribution in [1.82, 2.24) is 4.90 Å². The highest BCUT2D eigenvalue weighted by Gasteiger charge is 2.62. The summed E-state index contributed by atoms with van der Waals surface area (Å²) in [5, 5.41) is 10.5. The van der Waals surface area contributed by atoms with Crippen LogP contribution in [-0.2, 0) is 5.92 Å². The second-order valence-corrected chi connectivity index (χ2v) is 5.85. The van der Waals surface area contributed by atoms with Crippen molar-refractivity contribution in [2.75, 3.05) is 19.6 Å². The monoisotopic (exact) mass is 401 g/mol. The maximum absolute atomic E-state index is 13.7. The number of hydrogen-bond acceptors (Lipinski definition) is 3. The van der Waals surface area contributed by atoms with E-state index >= 15 is 0 Å². The molecule has 1 atom stereocenters. The molecule has 9 heteroatoms. The zero-order chi connectivity index (χ0) is 19.0. The Morgan fingerprint density at radius 3 is 2.19 bits per heavy atom. The fraction of sp³-hybridized carbons (Fsp3) is 0.529. The summed E-state index contributed by atoms with van der Waals surface area (Å²) in [5.41, 5.74) is -0.232. The molecule has 3 nitrogen and oxygen atoms in total. The van der Waals surface area contributed by atoms with E-state index in [-0.39, 0.29) is 41.0 Å². The molecule has 0 aliphatic heterocycles. The number of hydrogen-bond donors (Lipinski definition) is 1. The van der Waals surface area contributed by atoms with E-state index in [2.05, 4.69) is 0 Å². The van der Waals surface area contributed by atoms with Crippen LogP contribution in [0.4, 0.5) is 22.0 Å². The fourth-order valence-electron chi connectivity index (χ4n) is 2.78. The number of furan rings is 1. The van der Waals surface area contributed by atoms with E-state index < -0.39 is 24.0 Å². The van der Waals surface area contributed by atoms with Crippen molar-refractivity contribution < 1.29 is 31.5 Å². The first-order valence-electron chi connectivity index (χ1n) is 7.92. The summed E-state index contributed by atoms with van der Waals surface area (Å²) in [6.07, 6.45) is -6.83. The van der Waals surface area contributed by atoms with Crippen LogP contribution in [0.25, 0.3) is 11.0 Å². The van der Waals surface area contributed by atoms with Crippen LogP contribution < -0.4 is 0 Å². The molecule has 1 unspecified atom stereocenters. The molecule has 1 aromatic heterocycles. The Kier molecular flexibility index (Phi) is 7.06. The smallest absolute Gasteiger partial charge is 0.454 e. The highest BCUT2D eigenvalue weighted by molar-refractivity contribution is 5.85. The van der Waals surface area contributed by atoms with Gasteiger partial charge in [0.2, 0.25) is 0 Å². The van der Waals surface area contributed by atoms with Gasteiger partial charge in [-0.3, -0.25) is 0 Å². The number of likely N-dealkylation sites (N-methyl/N-ethyl adjacent to an activating group) is 1. The summed E-state index contributed by atoms with van der Waals surface area (Å²) in [5.74, 6) is -6.53. The van der Waals surface area contributed by atoms with Gasteiger partial charge >= 0.3 is 12.1 Å². The summed E-state index contributed by atoms with van der Waals surface area (Å²) < 4.78 is 70.4. The van der Waals surface area contributed by atoms with E-state index in [9.17, 15) is 27.1 Å². The number of nitrogens with zero attached hydrogens (tertiary/aromatic N) is 1. The number of aryl methyl sites for hydroxylation is 1. The van der Waals surface area contributed by atoms with E-state index in [0.717, 1.165) is 6.92 Å². The summed E-state index contributed by atoms with van der Waals surface area (Å²) in [6, 6.07) is 4.37. The number of para-hydroxylation sites is 1. The molecule has 1 aromatic carbocycles. The van der Waals surface area contributed by atoms with Crippen LogP contribution in [0.15, 0.2) is 22.6 Å². The van der Waals surface area contributed by atoms with Crippen molar-refractivity contribution >= 4 is 23.4 Å². The minimum absolute atomic E-state index is 0. The van der Waals surface area contributed by atoms with Crippen molar-refractivity contribution in [3.63, 3.8) is 0 Å². The maximum atomic E-state index is 13.7. The quantitative estimate of drug-likeness (QED) is 0.676. The summed E-state index contributed by atoms with van der Waals surface area (Å²) in [6.45, 7) is 6.50. The molecule has 0 amide bonds. The minimum atomic E-state index is -5.76. The molecule has 0 spiro atoms. The number of rotatable bonds is 6. The van der Waals surface area contributed by atoms with E-state index in [4.69, 9.17) is 4.42 Å². The predicted octanol–water partition coefficient (Wildman–Crippen LogP) is 5.19. The van der Waals surface area contributed by atoms with Gasteiger partial charge in [-0.25, -0.2) is 0 Å². The van der Waals surface area contributed by atoms with Gasteiger partial charge in [0, 0.05) is 23.1 Å². The second-order valence-electron chi connectivity index (χ2n) is 5.85. The van der Waals surface area contributed by atoms with Crippen molar-refractivity contribution in [1.29, 1.82) is 0 Å². The van der Waals surface area contributed by atoms with E-state index in [1.54, 1.807) is 0 Å². The minimum Gasteiger partial charge on any atom is -0.454 e. The Labute approximate surface area is 154 Å². The first-order chi connectivity index (χ1) is 11.5. The molecule has 148 valence electrons. The van der Waals surface area contributed by atoms with Gasteiger partial charge < -0.3 is 14.4 Å². The number of benzene rings is 1. The maximum Gasteiger partial charge on any atom is 0.461 e. The van der Waals surface area contributed by atoms with Crippen LogP contribution >= 0.6 is 12.4 Å². The molecule has 2 rings (SSSR count). The Bertz CT molecular complexity index is 741. The Hall–Kier alpha value is -1.38. The van der Waals surface area contributed by atoms with Crippen LogP contribution in [0.3, 0.4) is 0 Å². The molecule has 0 bridgehead atoms. The molecule has 26 heavy (non-hydrogen) atoms. The van der Waals surface area contributed by atoms with Crippen LogP contribution in [-0.4, -0.2) is 35.8 Å². The summed E-state index contributed by atoms with van der Waals surface area (Å²) in [4.78, 5) is 1.91. The van der Waals surface area contributed by atoms with Crippen molar-refractivity contribution in [3.05, 3.63) is 35.1 Å². The lowest BCUT2D eigenvalue weighted by Crippen LogP contribution is -2.33. The van der Waals surface area contributed by atoms with Crippen LogP contribution in [0.5, 0.6) is 0 Å². The third-order valence-corrected chi connectivity index (χ3v) is 4.32. The Morgan fingerprint density at radius 1 is 1.12 bits per heavy atom. The van der Waals surface area contributed by atoms with Gasteiger partial charge in [0.05, 0.1) is 6.10 Å². The number of fused-ring (bicyclic) bond motifs is 1. The lowest BCUT2D eigenvalue weighted by molar-refractivity contribution is -0.295. The van der Waals surface area contributed by atoms with Gasteiger partial charge in [0.1, 0.15) is 5.58 Å². The molecular weight excluding hydrogens is 381 g/mol. The van der Waals surface area contributed by atoms with E-state index in [1.165, 1.54) is 18.2 Å². The summed E-state index contributed by atoms with van der Waals surface area (Å²) in [7, 11) is 0. The van der Waals surface area contributed by atoms with Gasteiger partial charge in [-0.05, 0) is 20.0 Å². The highest BCUT2D eigenvalue weighted by atomic mass is 35.5. The summed E-state index contributed by atoms with van der Waals surface area (Å²) >= 11 is 0. The van der Waals surface area contributed by atoms with Crippen LogP contribution in [0.1, 0.15) is 36.8 Å². The first-order valence-corrected chi connectivity index (χ1v) is 7.92. The van der Waals surface area contributed by atoms with E-state index in [0.29, 0.717) is 13.1 Å². The molecule has 0 aliphatic rings. The molecule has 0 aliphatic carbocycles. The third-order valence-electron chi connectivity index (χ3n) is 4.32. The average molecular weight is 402 g/mol. The Morgan fingerprint density at radius 2 is 1.69 bits per heavy atom.